The van der Waals surface area contributed by atoms with Crippen LogP contribution in [0.3, 0.4) is 0 Å². The van der Waals surface area contributed by atoms with E-state index in [9.17, 15) is 4.79 Å². The Bertz CT molecular complexity index is 169. The van der Waals surface area contributed by atoms with Crippen molar-refractivity contribution in [2.75, 3.05) is 26.2 Å². The van der Waals surface area contributed by atoms with Crippen molar-refractivity contribution in [3.05, 3.63) is 0 Å². The van der Waals surface area contributed by atoms with E-state index in [1.165, 1.54) is 0 Å². The van der Waals surface area contributed by atoms with E-state index in [0.29, 0.717) is 0 Å². The van der Waals surface area contributed by atoms with Gasteiger partial charge < -0.3 is 10.2 Å². The number of rotatable bonds is 0. The van der Waals surface area contributed by atoms with Gasteiger partial charge in [0, 0.05) is 33.1 Å². The number of hydrogen-bond donors (Lipinski definition) is 1. The summed E-state index contributed by atoms with van der Waals surface area (Å²) in [5.41, 5.74) is 0. The largest absolute Gasteiger partial charge is 0.342 e. The summed E-state index contributed by atoms with van der Waals surface area (Å²) in [6.45, 7) is 5.83. The molecule has 0 aromatic carbocycles. The number of nitrogens with one attached hydrogen (secondary N) is 1. The van der Waals surface area contributed by atoms with E-state index in [1.807, 2.05) is 4.90 Å². The molecule has 2 aliphatic heterocycles. The standard InChI is InChI=1S/C8H14N2O/c1-6(11)10-4-7-2-9-3-8(7)5-10/h7-9H,2-5H2,1H3/t7-,8?/m0/s1. The van der Waals surface area contributed by atoms with Crippen LogP contribution in [-0.4, -0.2) is 37.0 Å². The first-order valence-electron chi connectivity index (χ1n) is 4.23. The Labute approximate surface area is 66.8 Å². The molecule has 3 heteroatoms. The average molecular weight is 154 g/mol. The number of carbonyl (C=O) groups excluding carboxylic acids is 1. The summed E-state index contributed by atoms with van der Waals surface area (Å²) in [6.07, 6.45) is 0. The molecule has 0 bridgehead atoms. The molecule has 0 aliphatic carbocycles. The van der Waals surface area contributed by atoms with Crippen molar-refractivity contribution in [1.29, 1.82) is 0 Å². The van der Waals surface area contributed by atoms with Crippen LogP contribution in [0.2, 0.25) is 0 Å². The van der Waals surface area contributed by atoms with Gasteiger partial charge in [-0.15, -0.1) is 0 Å². The van der Waals surface area contributed by atoms with Crippen molar-refractivity contribution in [3.63, 3.8) is 0 Å². The Kier molecular flexibility index (Phi) is 1.60. The molecule has 1 unspecified atom stereocenters. The topological polar surface area (TPSA) is 32.3 Å². The molecule has 2 fully saturated rings. The fourth-order valence-corrected chi connectivity index (χ4v) is 2.11. The number of hydrogen-bond acceptors (Lipinski definition) is 2. The number of amides is 1. The summed E-state index contributed by atoms with van der Waals surface area (Å²) in [7, 11) is 0. The van der Waals surface area contributed by atoms with E-state index in [-0.39, 0.29) is 5.91 Å². The molecular formula is C8H14N2O. The van der Waals surface area contributed by atoms with Gasteiger partial charge in [0.1, 0.15) is 0 Å². The van der Waals surface area contributed by atoms with Crippen LogP contribution in [0.5, 0.6) is 0 Å². The Morgan fingerprint density at radius 3 is 2.36 bits per heavy atom. The summed E-state index contributed by atoms with van der Waals surface area (Å²) in [6, 6.07) is 0. The highest BCUT2D eigenvalue weighted by Gasteiger charge is 2.36. The molecule has 2 aliphatic rings. The maximum atomic E-state index is 11.0. The van der Waals surface area contributed by atoms with E-state index in [0.717, 1.165) is 38.0 Å². The first-order valence-corrected chi connectivity index (χ1v) is 4.23. The van der Waals surface area contributed by atoms with Crippen molar-refractivity contribution >= 4 is 5.91 Å². The predicted octanol–water partition coefficient (Wildman–Crippen LogP) is -0.316. The first kappa shape index (κ1) is 7.10. The molecule has 0 aromatic rings. The Hall–Kier alpha value is -0.570. The Balaban J connectivity index is 1.99. The molecule has 1 amide bonds. The molecule has 0 aromatic heterocycles. The van der Waals surface area contributed by atoms with Crippen molar-refractivity contribution in [3.8, 4) is 0 Å². The zero-order valence-electron chi connectivity index (χ0n) is 6.84. The van der Waals surface area contributed by atoms with Crippen molar-refractivity contribution in [1.82, 2.24) is 10.2 Å². The highest BCUT2D eigenvalue weighted by molar-refractivity contribution is 5.73. The van der Waals surface area contributed by atoms with Crippen LogP contribution >= 0.6 is 0 Å². The van der Waals surface area contributed by atoms with Crippen molar-refractivity contribution < 1.29 is 4.79 Å². The second-order valence-corrected chi connectivity index (χ2v) is 3.60. The van der Waals surface area contributed by atoms with Crippen LogP contribution in [0.25, 0.3) is 0 Å². The maximum Gasteiger partial charge on any atom is 0.219 e. The minimum atomic E-state index is 0.236. The first-order chi connectivity index (χ1) is 5.27. The second kappa shape index (κ2) is 2.48. The lowest BCUT2D eigenvalue weighted by Crippen LogP contribution is -2.29. The maximum absolute atomic E-state index is 11.0. The molecule has 0 saturated carbocycles. The van der Waals surface area contributed by atoms with Crippen LogP contribution < -0.4 is 5.32 Å². The molecule has 2 heterocycles. The molecule has 0 radical (unpaired) electrons. The van der Waals surface area contributed by atoms with E-state index in [4.69, 9.17) is 0 Å². The lowest BCUT2D eigenvalue weighted by Gasteiger charge is -2.13. The van der Waals surface area contributed by atoms with E-state index in [1.54, 1.807) is 6.92 Å². The van der Waals surface area contributed by atoms with Crippen molar-refractivity contribution in [2.24, 2.45) is 11.8 Å². The summed E-state index contributed by atoms with van der Waals surface area (Å²) in [4.78, 5) is 13.0. The normalized spacial score (nSPS) is 35.9. The minimum absolute atomic E-state index is 0.236. The summed E-state index contributed by atoms with van der Waals surface area (Å²) < 4.78 is 0. The van der Waals surface area contributed by atoms with Crippen LogP contribution in [0.1, 0.15) is 6.92 Å². The Morgan fingerprint density at radius 1 is 1.36 bits per heavy atom. The quantitative estimate of drug-likeness (QED) is 0.519. The highest BCUT2D eigenvalue weighted by Crippen LogP contribution is 2.25. The third-order valence-electron chi connectivity index (χ3n) is 2.83. The fourth-order valence-electron chi connectivity index (χ4n) is 2.11. The summed E-state index contributed by atoms with van der Waals surface area (Å²) >= 11 is 0. The van der Waals surface area contributed by atoms with Gasteiger partial charge in [-0.25, -0.2) is 0 Å². The number of fused-ring (bicyclic) bond motifs is 1. The summed E-state index contributed by atoms with van der Waals surface area (Å²) in [5, 5.41) is 3.35. The van der Waals surface area contributed by atoms with Crippen LogP contribution in [-0.2, 0) is 4.79 Å². The molecule has 2 saturated heterocycles. The molecule has 11 heavy (non-hydrogen) atoms. The van der Waals surface area contributed by atoms with Gasteiger partial charge in [0.25, 0.3) is 0 Å². The average Bonchev–Trinajstić information content (AvgIpc) is 2.40. The zero-order chi connectivity index (χ0) is 7.84. The SMILES string of the molecule is CC(=O)N1CC2CNC[C@H]2C1. The van der Waals surface area contributed by atoms with Gasteiger partial charge >= 0.3 is 0 Å². The van der Waals surface area contributed by atoms with Gasteiger partial charge in [-0.05, 0) is 11.8 Å². The smallest absolute Gasteiger partial charge is 0.219 e. The fraction of sp³-hybridized carbons (Fsp3) is 0.875. The minimum Gasteiger partial charge on any atom is -0.342 e. The van der Waals surface area contributed by atoms with Crippen LogP contribution in [0, 0.1) is 11.8 Å². The molecular weight excluding hydrogens is 140 g/mol. The van der Waals surface area contributed by atoms with Gasteiger partial charge in [0.15, 0.2) is 0 Å². The van der Waals surface area contributed by atoms with Gasteiger partial charge in [-0.1, -0.05) is 0 Å². The molecule has 62 valence electrons. The Morgan fingerprint density at radius 2 is 1.91 bits per heavy atom. The molecule has 1 N–H and O–H groups in total. The van der Waals surface area contributed by atoms with Gasteiger partial charge in [-0.2, -0.15) is 0 Å². The van der Waals surface area contributed by atoms with Crippen LogP contribution in [0.15, 0.2) is 0 Å². The van der Waals surface area contributed by atoms with Gasteiger partial charge in [0.05, 0.1) is 0 Å². The summed E-state index contributed by atoms with van der Waals surface area (Å²) in [5.74, 6) is 1.71. The second-order valence-electron chi connectivity index (χ2n) is 3.60. The van der Waals surface area contributed by atoms with Crippen LogP contribution in [0.4, 0.5) is 0 Å². The zero-order valence-corrected chi connectivity index (χ0v) is 6.84. The lowest BCUT2D eigenvalue weighted by atomic mass is 10.0. The number of likely N-dealkylation sites (tertiary alicyclic amines) is 1. The highest BCUT2D eigenvalue weighted by atomic mass is 16.2. The number of carbonyl (C=O) groups is 1. The van der Waals surface area contributed by atoms with E-state index >= 15 is 0 Å². The van der Waals surface area contributed by atoms with Gasteiger partial charge in [-0.3, -0.25) is 4.79 Å². The predicted molar refractivity (Wildman–Crippen MR) is 42.1 cm³/mol. The third-order valence-corrected chi connectivity index (χ3v) is 2.83. The van der Waals surface area contributed by atoms with Crippen molar-refractivity contribution in [2.45, 2.75) is 6.92 Å². The number of nitrogens with zero attached hydrogens (tertiary/aromatic N) is 1. The molecule has 2 rings (SSSR count). The molecule has 0 spiro atoms. The van der Waals surface area contributed by atoms with E-state index in [2.05, 4.69) is 5.32 Å². The monoisotopic (exact) mass is 154 g/mol. The lowest BCUT2D eigenvalue weighted by molar-refractivity contribution is -0.128. The third kappa shape index (κ3) is 1.13. The van der Waals surface area contributed by atoms with Gasteiger partial charge in [0.2, 0.25) is 5.91 Å². The molecule has 2 atom stereocenters. The van der Waals surface area contributed by atoms with E-state index < -0.39 is 0 Å². The molecule has 3 nitrogen and oxygen atoms in total.